The van der Waals surface area contributed by atoms with Gasteiger partial charge in [0.1, 0.15) is 36.8 Å². The first-order valence-corrected chi connectivity index (χ1v) is 25.1. The fourth-order valence-corrected chi connectivity index (χ4v) is 10.6. The van der Waals surface area contributed by atoms with E-state index in [1.165, 1.54) is 11.3 Å². The van der Waals surface area contributed by atoms with Crippen molar-refractivity contribution in [3.05, 3.63) is 53.7 Å². The van der Waals surface area contributed by atoms with Gasteiger partial charge in [0.05, 0.1) is 55.3 Å². The summed E-state index contributed by atoms with van der Waals surface area (Å²) in [5.74, 6) is -0.941. The number of cyclic esters (lactones) is 1. The van der Waals surface area contributed by atoms with Gasteiger partial charge in [-0.1, -0.05) is 13.8 Å². The molecule has 0 saturated carbocycles. The number of pyridine rings is 1. The van der Waals surface area contributed by atoms with Gasteiger partial charge in [-0.05, 0) is 83.3 Å². The Morgan fingerprint density at radius 3 is 2.62 bits per heavy atom. The number of hydrazine groups is 1. The van der Waals surface area contributed by atoms with Crippen molar-refractivity contribution in [3.8, 4) is 22.7 Å². The van der Waals surface area contributed by atoms with Crippen LogP contribution in [0.15, 0.2) is 41.1 Å². The highest BCUT2D eigenvalue weighted by molar-refractivity contribution is 5.95. The molecule has 8 heterocycles. The maximum Gasteiger partial charge on any atom is 0.324 e. The van der Waals surface area contributed by atoms with Crippen LogP contribution in [0.4, 0.5) is 19.3 Å². The van der Waals surface area contributed by atoms with Gasteiger partial charge in [-0.15, -0.1) is 0 Å². The van der Waals surface area contributed by atoms with Crippen LogP contribution >= 0.6 is 0 Å². The number of anilines is 1. The number of likely N-dealkylation sites (N-methyl/N-ethyl adjacent to an activating group) is 1. The first-order chi connectivity index (χ1) is 34.1. The van der Waals surface area contributed by atoms with Gasteiger partial charge in [-0.2, -0.15) is 0 Å². The lowest BCUT2D eigenvalue weighted by Gasteiger charge is -2.50. The fraction of sp³-hybridized carbons (Fsp3) is 0.627. The summed E-state index contributed by atoms with van der Waals surface area (Å²) >= 11 is 0. The highest BCUT2D eigenvalue weighted by Gasteiger charge is 2.47. The van der Waals surface area contributed by atoms with Crippen molar-refractivity contribution in [2.24, 2.45) is 11.3 Å². The largest absolute Gasteiger partial charge is 0.464 e. The monoisotopic (exact) mass is 990 g/mol. The van der Waals surface area contributed by atoms with Crippen molar-refractivity contribution in [2.75, 3.05) is 91.4 Å². The van der Waals surface area contributed by atoms with Gasteiger partial charge >= 0.3 is 12.0 Å². The van der Waals surface area contributed by atoms with Crippen LogP contribution in [0.3, 0.4) is 0 Å². The number of rotatable bonds is 12. The highest BCUT2D eigenvalue weighted by atomic mass is 19.3. The average Bonchev–Trinajstić information content (AvgIpc) is 3.95. The number of ether oxygens (including phenoxy) is 5. The molecule has 9 rings (SSSR count). The lowest BCUT2D eigenvalue weighted by Crippen LogP contribution is -2.67. The van der Waals surface area contributed by atoms with Crippen molar-refractivity contribution < 1.29 is 51.3 Å². The number of methoxy groups -OCH3 is 1. The predicted molar refractivity (Wildman–Crippen MR) is 260 cm³/mol. The minimum Gasteiger partial charge on any atom is -0.464 e. The molecule has 386 valence electrons. The Balaban J connectivity index is 1.20. The molecule has 4 fully saturated rings. The van der Waals surface area contributed by atoms with E-state index in [0.29, 0.717) is 64.2 Å². The number of nitrogens with zero attached hydrogens (tertiary/aromatic N) is 7. The van der Waals surface area contributed by atoms with Gasteiger partial charge in [0.15, 0.2) is 0 Å². The van der Waals surface area contributed by atoms with E-state index < -0.39 is 54.5 Å². The number of urea groups is 1. The minimum absolute atomic E-state index is 0.0148. The quantitative estimate of drug-likeness (QED) is 0.158. The molecular weight excluding hydrogens is 921 g/mol. The van der Waals surface area contributed by atoms with E-state index in [4.69, 9.17) is 38.1 Å². The SMILES string of the molecule is CO[C@@H](C)c1ncc(N2CCN(C)CC2)cc1-c1c2c3cc(ccc3n1CCOC(C)C)-c1nc(co1)[C@@H](OCC(F)F)[C@H](NC(=O)N1C[C@@H]3COCCC31)C(=O)N1CCC[C@H](N1)C(=O)OCC(C)(C)C2. The number of nitrogens with one attached hydrogen (secondary N) is 2. The predicted octanol–water partition coefficient (Wildman–Crippen LogP) is 5.99. The molecule has 18 nitrogen and oxygen atoms in total. The second kappa shape index (κ2) is 21.5. The van der Waals surface area contributed by atoms with Gasteiger partial charge in [0, 0.05) is 98.9 Å². The molecule has 3 aromatic heterocycles. The number of carbonyl (C=O) groups is 3. The van der Waals surface area contributed by atoms with Crippen LogP contribution < -0.4 is 15.6 Å². The van der Waals surface area contributed by atoms with Crippen molar-refractivity contribution in [1.82, 2.24) is 40.1 Å². The van der Waals surface area contributed by atoms with Crippen LogP contribution in [-0.4, -0.2) is 164 Å². The van der Waals surface area contributed by atoms with Gasteiger partial charge in [-0.3, -0.25) is 19.6 Å². The van der Waals surface area contributed by atoms with Crippen molar-refractivity contribution in [3.63, 3.8) is 0 Å². The minimum atomic E-state index is -2.91. The highest BCUT2D eigenvalue weighted by Crippen LogP contribution is 2.43. The number of benzene rings is 1. The van der Waals surface area contributed by atoms with Crippen LogP contribution in [0.25, 0.3) is 33.6 Å². The zero-order chi connectivity index (χ0) is 50.1. The van der Waals surface area contributed by atoms with E-state index in [0.717, 1.165) is 65.3 Å². The number of esters is 1. The molecule has 1 unspecified atom stereocenters. The van der Waals surface area contributed by atoms with Gasteiger partial charge in [-0.25, -0.2) is 24.0 Å². The molecule has 71 heavy (non-hydrogen) atoms. The van der Waals surface area contributed by atoms with Crippen molar-refractivity contribution in [1.29, 1.82) is 0 Å². The number of halogens is 2. The summed E-state index contributed by atoms with van der Waals surface area (Å²) in [5, 5.41) is 4.98. The first-order valence-electron chi connectivity index (χ1n) is 25.1. The second-order valence-electron chi connectivity index (χ2n) is 20.7. The Bertz CT molecular complexity index is 2540. The number of fused-ring (bicyclic) bond motifs is 7. The fourth-order valence-electron chi connectivity index (χ4n) is 10.6. The van der Waals surface area contributed by atoms with E-state index in [-0.39, 0.29) is 48.9 Å². The molecule has 4 saturated heterocycles. The van der Waals surface area contributed by atoms with E-state index in [1.807, 2.05) is 45.2 Å². The third kappa shape index (κ3) is 10.9. The molecule has 0 aliphatic carbocycles. The second-order valence-corrected chi connectivity index (χ2v) is 20.7. The summed E-state index contributed by atoms with van der Waals surface area (Å²) in [7, 11) is 3.80. The number of alkyl halides is 2. The molecule has 0 radical (unpaired) electrons. The Kier molecular flexibility index (Phi) is 15.3. The number of hydrogen-bond acceptors (Lipinski definition) is 14. The number of amides is 3. The molecule has 3 amide bonds. The van der Waals surface area contributed by atoms with E-state index in [9.17, 15) is 23.2 Å². The van der Waals surface area contributed by atoms with E-state index >= 15 is 0 Å². The Hall–Kier alpha value is -5.25. The van der Waals surface area contributed by atoms with Gasteiger partial charge in [0.2, 0.25) is 5.89 Å². The Labute approximate surface area is 413 Å². The van der Waals surface area contributed by atoms with Crippen LogP contribution in [0, 0.1) is 11.3 Å². The average molecular weight is 990 g/mol. The van der Waals surface area contributed by atoms with Crippen molar-refractivity contribution in [2.45, 2.75) is 110 Å². The standard InChI is InChI=1S/C51H69F2N9O9/c1-30(2)68-20-18-60-41-11-10-32-21-35(41)37(45(60)36-22-34(24-54-43(36)31(3)66-7)59-16-14-58(6)15-17-59)23-51(4,5)29-71-49(64)38-9-8-13-62(57-38)48(63)44(46(69-28-42(52)53)39-27-70-47(32)55-39)56-50(65)61-25-33-26-67-19-12-40(33)61/h10-11,21-22,24,27,30-31,33,38,40,42,44,46,57H,8-9,12-20,23,25-26,28-29H2,1-7H3,(H,56,65)/t31-,33+,38-,40?,44-,46+/m0/s1. The summed E-state index contributed by atoms with van der Waals surface area (Å²) in [6.45, 7) is 15.1. The third-order valence-corrected chi connectivity index (χ3v) is 14.5. The maximum absolute atomic E-state index is 14.8. The Morgan fingerprint density at radius 1 is 1.07 bits per heavy atom. The van der Waals surface area contributed by atoms with E-state index in [1.54, 1.807) is 12.0 Å². The summed E-state index contributed by atoms with van der Waals surface area (Å²) in [6.07, 6.45) is 0.254. The molecule has 20 heteroatoms. The van der Waals surface area contributed by atoms with Crippen LogP contribution in [0.2, 0.25) is 0 Å². The summed E-state index contributed by atoms with van der Waals surface area (Å²) in [6, 6.07) is 4.98. The lowest BCUT2D eigenvalue weighted by molar-refractivity contribution is -0.156. The van der Waals surface area contributed by atoms with Crippen LogP contribution in [-0.2, 0) is 46.2 Å². The number of likely N-dealkylation sites (tertiary alicyclic amines) is 1. The summed E-state index contributed by atoms with van der Waals surface area (Å²) < 4.78 is 66.6. The zero-order valence-corrected chi connectivity index (χ0v) is 42.0. The number of hydrogen-bond donors (Lipinski definition) is 2. The molecule has 0 spiro atoms. The topological polar surface area (TPSA) is 178 Å². The molecule has 5 aliphatic heterocycles. The number of oxazole rings is 1. The molecule has 6 bridgehead atoms. The van der Waals surface area contributed by atoms with Gasteiger partial charge in [0.25, 0.3) is 12.3 Å². The summed E-state index contributed by atoms with van der Waals surface area (Å²) in [4.78, 5) is 59.3. The zero-order valence-electron chi connectivity index (χ0n) is 42.0. The molecule has 5 aliphatic rings. The van der Waals surface area contributed by atoms with Gasteiger partial charge < -0.3 is 52.7 Å². The lowest BCUT2D eigenvalue weighted by atomic mass is 9.84. The molecule has 4 aromatic rings. The molecule has 1 aromatic carbocycles. The number of piperazine rings is 1. The number of carbonyl (C=O) groups excluding carboxylic acids is 3. The van der Waals surface area contributed by atoms with Crippen LogP contribution in [0.1, 0.15) is 83.0 Å². The smallest absolute Gasteiger partial charge is 0.324 e. The first kappa shape index (κ1) is 50.7. The normalized spacial score (nSPS) is 24.7. The van der Waals surface area contributed by atoms with Crippen LogP contribution in [0.5, 0.6) is 0 Å². The summed E-state index contributed by atoms with van der Waals surface area (Å²) in [5.41, 5.74) is 8.45. The Morgan fingerprint density at radius 2 is 1.87 bits per heavy atom. The molecule has 6 atom stereocenters. The van der Waals surface area contributed by atoms with E-state index in [2.05, 4.69) is 52.1 Å². The van der Waals surface area contributed by atoms with Crippen molar-refractivity contribution >= 4 is 34.5 Å². The molecule has 2 N–H and O–H groups in total. The third-order valence-electron chi connectivity index (χ3n) is 14.5. The number of aromatic nitrogens is 3. The maximum atomic E-state index is 14.8. The molecular formula is C51H69F2N9O9.